The molecular formula is C20H20N4O2. The molecule has 0 saturated heterocycles. The number of hydrogen-bond donors (Lipinski definition) is 2. The third kappa shape index (κ3) is 3.18. The van der Waals surface area contributed by atoms with Crippen LogP contribution in [0, 0.1) is 0 Å². The molecule has 3 N–H and O–H groups in total. The van der Waals surface area contributed by atoms with E-state index in [1.165, 1.54) is 12.8 Å². The molecular weight excluding hydrogens is 328 g/mol. The number of carbonyl (C=O) groups is 2. The number of nitrogens with one attached hydrogen (secondary N) is 1. The maximum absolute atomic E-state index is 12.4. The number of nitrogens with zero attached hydrogens (tertiary/aromatic N) is 2. The van der Waals surface area contributed by atoms with Crippen molar-refractivity contribution in [2.75, 3.05) is 0 Å². The van der Waals surface area contributed by atoms with Crippen LogP contribution in [0.25, 0.3) is 16.8 Å². The van der Waals surface area contributed by atoms with Crippen LogP contribution in [0.15, 0.2) is 48.8 Å². The molecule has 1 aliphatic carbocycles. The van der Waals surface area contributed by atoms with Crippen LogP contribution < -0.4 is 11.1 Å². The summed E-state index contributed by atoms with van der Waals surface area (Å²) in [6, 6.07) is 11.2. The summed E-state index contributed by atoms with van der Waals surface area (Å²) < 4.78 is 1.85. The van der Waals surface area contributed by atoms with Crippen molar-refractivity contribution in [2.24, 2.45) is 5.73 Å². The highest BCUT2D eigenvalue weighted by Gasteiger charge is 2.19. The number of carbonyl (C=O) groups excluding carboxylic acids is 2. The van der Waals surface area contributed by atoms with Crippen molar-refractivity contribution in [3.8, 4) is 11.1 Å². The number of pyridine rings is 1. The second kappa shape index (κ2) is 6.63. The van der Waals surface area contributed by atoms with E-state index in [1.54, 1.807) is 18.3 Å². The number of imidazole rings is 1. The molecule has 0 atom stereocenters. The molecule has 2 heterocycles. The van der Waals surface area contributed by atoms with E-state index >= 15 is 0 Å². The van der Waals surface area contributed by atoms with Crippen molar-refractivity contribution in [3.63, 3.8) is 0 Å². The summed E-state index contributed by atoms with van der Waals surface area (Å²) in [6.45, 7) is 0. The Bertz CT molecular complexity index is 969. The lowest BCUT2D eigenvalue weighted by Crippen LogP contribution is -2.32. The predicted octanol–water partition coefficient (Wildman–Crippen LogP) is 2.77. The summed E-state index contributed by atoms with van der Waals surface area (Å²) in [5.41, 5.74) is 8.83. The lowest BCUT2D eigenvalue weighted by atomic mass is 10.1. The molecule has 26 heavy (non-hydrogen) atoms. The van der Waals surface area contributed by atoms with Gasteiger partial charge in [0.25, 0.3) is 5.91 Å². The molecule has 1 saturated carbocycles. The number of primary amides is 1. The fraction of sp³-hybridized carbons (Fsp3) is 0.250. The zero-order chi connectivity index (χ0) is 18.1. The molecule has 4 rings (SSSR count). The largest absolute Gasteiger partial charge is 0.366 e. The van der Waals surface area contributed by atoms with E-state index in [9.17, 15) is 9.59 Å². The Hall–Kier alpha value is -3.15. The minimum atomic E-state index is -0.445. The number of fused-ring (bicyclic) bond motifs is 1. The van der Waals surface area contributed by atoms with Crippen LogP contribution in [0.3, 0.4) is 0 Å². The van der Waals surface area contributed by atoms with E-state index in [4.69, 9.17) is 5.73 Å². The first kappa shape index (κ1) is 16.3. The Morgan fingerprint density at radius 3 is 2.38 bits per heavy atom. The molecule has 6 nitrogen and oxygen atoms in total. The van der Waals surface area contributed by atoms with Gasteiger partial charge in [0.2, 0.25) is 5.91 Å². The molecule has 0 aliphatic heterocycles. The molecule has 1 fully saturated rings. The van der Waals surface area contributed by atoms with Gasteiger partial charge in [0, 0.05) is 24.0 Å². The monoisotopic (exact) mass is 348 g/mol. The Labute approximate surface area is 151 Å². The molecule has 0 radical (unpaired) electrons. The van der Waals surface area contributed by atoms with Gasteiger partial charge in [-0.2, -0.15) is 0 Å². The van der Waals surface area contributed by atoms with Crippen LogP contribution in [-0.2, 0) is 0 Å². The molecule has 0 bridgehead atoms. The molecule has 2 aromatic heterocycles. The van der Waals surface area contributed by atoms with Gasteiger partial charge in [0.05, 0.1) is 0 Å². The van der Waals surface area contributed by atoms with Crippen molar-refractivity contribution in [1.29, 1.82) is 0 Å². The smallest absolute Gasteiger partial charge is 0.271 e. The summed E-state index contributed by atoms with van der Waals surface area (Å²) in [5.74, 6) is -0.563. The Balaban J connectivity index is 1.59. The van der Waals surface area contributed by atoms with Gasteiger partial charge < -0.3 is 15.5 Å². The lowest BCUT2D eigenvalue weighted by molar-refractivity contribution is 0.0932. The van der Waals surface area contributed by atoms with Crippen molar-refractivity contribution >= 4 is 17.5 Å². The van der Waals surface area contributed by atoms with E-state index < -0.39 is 5.91 Å². The van der Waals surface area contributed by atoms with E-state index in [0.717, 1.165) is 29.6 Å². The summed E-state index contributed by atoms with van der Waals surface area (Å²) in [6.07, 6.45) is 8.12. The normalized spacial score (nSPS) is 14.6. The minimum Gasteiger partial charge on any atom is -0.366 e. The highest BCUT2D eigenvalue weighted by Crippen LogP contribution is 2.21. The van der Waals surface area contributed by atoms with Crippen LogP contribution in [-0.4, -0.2) is 27.2 Å². The molecule has 132 valence electrons. The van der Waals surface area contributed by atoms with Gasteiger partial charge in [0.1, 0.15) is 11.3 Å². The van der Waals surface area contributed by atoms with Gasteiger partial charge in [-0.1, -0.05) is 25.0 Å². The average molecular weight is 348 g/mol. The second-order valence-corrected chi connectivity index (χ2v) is 6.71. The fourth-order valence-electron chi connectivity index (χ4n) is 3.43. The van der Waals surface area contributed by atoms with Crippen LogP contribution in [0.1, 0.15) is 46.5 Å². The zero-order valence-electron chi connectivity index (χ0n) is 14.3. The topological polar surface area (TPSA) is 89.5 Å². The second-order valence-electron chi connectivity index (χ2n) is 6.71. The lowest BCUT2D eigenvalue weighted by Gasteiger charge is -2.09. The summed E-state index contributed by atoms with van der Waals surface area (Å²) >= 11 is 0. The first-order valence-corrected chi connectivity index (χ1v) is 8.80. The quantitative estimate of drug-likeness (QED) is 0.760. The maximum atomic E-state index is 12.4. The van der Waals surface area contributed by atoms with Crippen molar-refractivity contribution in [3.05, 3.63) is 60.0 Å². The fourth-order valence-corrected chi connectivity index (χ4v) is 3.43. The highest BCUT2D eigenvalue weighted by molar-refractivity contribution is 5.94. The standard InChI is InChI=1S/C20H20N4O2/c21-19(25)14-7-5-13(6-8-14)15-9-10-18-23-17(12-24(18)11-15)20(26)22-16-3-1-2-4-16/h5-12,16H,1-4H2,(H2,21,25)(H,22,26). The molecule has 1 aliphatic rings. The summed E-state index contributed by atoms with van der Waals surface area (Å²) in [4.78, 5) is 28.0. The molecule has 1 aromatic carbocycles. The van der Waals surface area contributed by atoms with Crippen LogP contribution in [0.4, 0.5) is 0 Å². The number of amides is 2. The van der Waals surface area contributed by atoms with Gasteiger partial charge in [0.15, 0.2) is 0 Å². The Morgan fingerprint density at radius 2 is 1.69 bits per heavy atom. The molecule has 0 unspecified atom stereocenters. The van der Waals surface area contributed by atoms with Crippen molar-refractivity contribution in [1.82, 2.24) is 14.7 Å². The molecule has 0 spiro atoms. The average Bonchev–Trinajstić information content (AvgIpc) is 3.30. The van der Waals surface area contributed by atoms with E-state index in [-0.39, 0.29) is 11.9 Å². The Kier molecular flexibility index (Phi) is 4.16. The van der Waals surface area contributed by atoms with Gasteiger partial charge in [-0.25, -0.2) is 4.98 Å². The maximum Gasteiger partial charge on any atom is 0.271 e. The minimum absolute atomic E-state index is 0.118. The predicted molar refractivity (Wildman–Crippen MR) is 98.9 cm³/mol. The van der Waals surface area contributed by atoms with E-state index in [0.29, 0.717) is 11.3 Å². The van der Waals surface area contributed by atoms with Gasteiger partial charge >= 0.3 is 0 Å². The number of hydrogen-bond acceptors (Lipinski definition) is 3. The van der Waals surface area contributed by atoms with E-state index in [1.807, 2.05) is 34.9 Å². The Morgan fingerprint density at radius 1 is 1.00 bits per heavy atom. The van der Waals surface area contributed by atoms with Crippen molar-refractivity contribution < 1.29 is 9.59 Å². The van der Waals surface area contributed by atoms with Gasteiger partial charge in [-0.05, 0) is 48.2 Å². The zero-order valence-corrected chi connectivity index (χ0v) is 14.3. The van der Waals surface area contributed by atoms with E-state index in [2.05, 4.69) is 10.3 Å². The SMILES string of the molecule is NC(=O)c1ccc(-c2ccc3nc(C(=O)NC4CCCC4)cn3c2)cc1. The summed E-state index contributed by atoms with van der Waals surface area (Å²) in [5, 5.41) is 3.06. The molecule has 2 amide bonds. The number of rotatable bonds is 4. The van der Waals surface area contributed by atoms with Crippen molar-refractivity contribution in [2.45, 2.75) is 31.7 Å². The number of nitrogens with two attached hydrogens (primary N) is 1. The number of benzene rings is 1. The van der Waals surface area contributed by atoms with Crippen LogP contribution in [0.5, 0.6) is 0 Å². The molecule has 6 heteroatoms. The molecule has 3 aromatic rings. The third-order valence-corrected chi connectivity index (χ3v) is 4.88. The first-order chi connectivity index (χ1) is 12.6. The first-order valence-electron chi connectivity index (χ1n) is 8.80. The van der Waals surface area contributed by atoms with Crippen LogP contribution in [0.2, 0.25) is 0 Å². The number of aromatic nitrogens is 2. The van der Waals surface area contributed by atoms with Gasteiger partial charge in [-0.15, -0.1) is 0 Å². The van der Waals surface area contributed by atoms with Gasteiger partial charge in [-0.3, -0.25) is 9.59 Å². The highest BCUT2D eigenvalue weighted by atomic mass is 16.2. The third-order valence-electron chi connectivity index (χ3n) is 4.88. The summed E-state index contributed by atoms with van der Waals surface area (Å²) in [7, 11) is 0. The van der Waals surface area contributed by atoms with Crippen LogP contribution >= 0.6 is 0 Å².